The van der Waals surface area contributed by atoms with Crippen molar-refractivity contribution in [2.45, 2.75) is 45.9 Å². The molecule has 5 nitrogen and oxygen atoms in total. The number of hydrogen-bond donors (Lipinski definition) is 0. The summed E-state index contributed by atoms with van der Waals surface area (Å²) in [6.45, 7) is 6.74. The zero-order valence-corrected chi connectivity index (χ0v) is 19.7. The van der Waals surface area contributed by atoms with Gasteiger partial charge in [0.05, 0.1) is 17.6 Å². The van der Waals surface area contributed by atoms with E-state index >= 15 is 0 Å². The molecule has 0 unspecified atom stereocenters. The lowest BCUT2D eigenvalue weighted by molar-refractivity contribution is -0.132. The number of hydrogen-bond acceptors (Lipinski definition) is 3. The van der Waals surface area contributed by atoms with Crippen molar-refractivity contribution in [3.63, 3.8) is 0 Å². The minimum atomic E-state index is -0.986. The molecule has 3 rings (SSSR count). The molecule has 3 aromatic rings. The fraction of sp³-hybridized carbons (Fsp3) is 0.364. The third-order valence-corrected chi connectivity index (χ3v) is 5.01. The molecule has 0 saturated carbocycles. The average Bonchev–Trinajstić information content (AvgIpc) is 2.97. The fourth-order valence-electron chi connectivity index (χ4n) is 3.31. The number of ketones is 1. The summed E-state index contributed by atoms with van der Waals surface area (Å²) >= 11 is 5.93. The third-order valence-electron chi connectivity index (χ3n) is 4.75. The Morgan fingerprint density at radius 2 is 1.66 bits per heavy atom. The van der Waals surface area contributed by atoms with Crippen molar-refractivity contribution in [2.75, 3.05) is 7.05 Å². The van der Waals surface area contributed by atoms with Gasteiger partial charge in [-0.3, -0.25) is 9.79 Å². The van der Waals surface area contributed by atoms with E-state index in [9.17, 15) is 4.79 Å². The van der Waals surface area contributed by atoms with E-state index in [2.05, 4.69) is 22.5 Å². The van der Waals surface area contributed by atoms with Crippen LogP contribution in [0.25, 0.3) is 11.0 Å². The molecule has 0 bridgehead atoms. The summed E-state index contributed by atoms with van der Waals surface area (Å²) in [5, 5.41) is 0.630. The van der Waals surface area contributed by atoms with Gasteiger partial charge in [-0.15, -0.1) is 17.0 Å². The second-order valence-electron chi connectivity index (χ2n) is 7.24. The van der Waals surface area contributed by atoms with E-state index in [0.29, 0.717) is 10.8 Å². The first-order valence-corrected chi connectivity index (χ1v) is 9.84. The molecule has 0 aliphatic rings. The average molecular weight is 481 g/mol. The van der Waals surface area contributed by atoms with E-state index in [-0.39, 0.29) is 29.3 Å². The number of rotatable bonds is 7. The molecule has 2 aromatic carbocycles. The van der Waals surface area contributed by atoms with Gasteiger partial charge in [-0.05, 0) is 56.7 Å². The highest BCUT2D eigenvalue weighted by Crippen LogP contribution is 2.22. The standard InChI is InChI=1S/C22H26ClN3O2.BrH/c1-5-14-25-18-8-6-7-9-19(18)26(21(25)24-4)15-20(27)22(2,3)28-17-12-10-16(23)11-13-17;/h6-13H,5,14-15H2,1-4H3;1H. The van der Waals surface area contributed by atoms with Crippen LogP contribution in [-0.2, 0) is 17.9 Å². The number of carbonyl (C=O) groups is 1. The number of carbonyl (C=O) groups excluding carboxylic acids is 1. The smallest absolute Gasteiger partial charge is 0.206 e. The van der Waals surface area contributed by atoms with Gasteiger partial charge in [-0.2, -0.15) is 0 Å². The molecule has 0 radical (unpaired) electrons. The first-order chi connectivity index (χ1) is 13.4. The number of fused-ring (bicyclic) bond motifs is 1. The Hall–Kier alpha value is -2.05. The monoisotopic (exact) mass is 479 g/mol. The van der Waals surface area contributed by atoms with E-state index in [1.807, 2.05) is 22.8 Å². The maximum absolute atomic E-state index is 13.2. The van der Waals surface area contributed by atoms with Crippen molar-refractivity contribution in [2.24, 2.45) is 4.99 Å². The van der Waals surface area contributed by atoms with Crippen LogP contribution in [0.2, 0.25) is 5.02 Å². The Morgan fingerprint density at radius 1 is 1.07 bits per heavy atom. The van der Waals surface area contributed by atoms with Crippen molar-refractivity contribution in [1.82, 2.24) is 9.13 Å². The molecule has 0 amide bonds. The highest BCUT2D eigenvalue weighted by atomic mass is 79.9. The first-order valence-electron chi connectivity index (χ1n) is 9.46. The molecule has 1 heterocycles. The van der Waals surface area contributed by atoms with Gasteiger partial charge in [0.15, 0.2) is 11.4 Å². The van der Waals surface area contributed by atoms with Crippen LogP contribution in [0.15, 0.2) is 53.5 Å². The molecule has 0 saturated heterocycles. The van der Waals surface area contributed by atoms with E-state index in [4.69, 9.17) is 16.3 Å². The topological polar surface area (TPSA) is 48.5 Å². The summed E-state index contributed by atoms with van der Waals surface area (Å²) in [6, 6.07) is 15.1. The molecule has 29 heavy (non-hydrogen) atoms. The number of ether oxygens (including phenoxy) is 1. The normalized spacial score (nSPS) is 12.1. The van der Waals surface area contributed by atoms with Gasteiger partial charge in [0.2, 0.25) is 5.62 Å². The minimum Gasteiger partial charge on any atom is -0.480 e. The molecule has 0 fully saturated rings. The summed E-state index contributed by atoms with van der Waals surface area (Å²) in [4.78, 5) is 17.6. The molecule has 7 heteroatoms. The van der Waals surface area contributed by atoms with Crippen LogP contribution in [0.4, 0.5) is 0 Å². The summed E-state index contributed by atoms with van der Waals surface area (Å²) in [6.07, 6.45) is 0.986. The third kappa shape index (κ3) is 4.93. The number of benzene rings is 2. The lowest BCUT2D eigenvalue weighted by atomic mass is 10.0. The number of aromatic nitrogens is 2. The SMILES string of the molecule is Br.CCCn1c(=NC)n(CC(=O)C(C)(C)Oc2ccc(Cl)cc2)c2ccccc21. The maximum atomic E-state index is 13.2. The van der Waals surface area contributed by atoms with Gasteiger partial charge in [0.1, 0.15) is 5.75 Å². The van der Waals surface area contributed by atoms with Crippen LogP contribution in [-0.4, -0.2) is 27.6 Å². The van der Waals surface area contributed by atoms with Crippen LogP contribution in [0.5, 0.6) is 5.75 Å². The van der Waals surface area contributed by atoms with Crippen LogP contribution >= 0.6 is 28.6 Å². The minimum absolute atomic E-state index is 0. The maximum Gasteiger partial charge on any atom is 0.206 e. The Labute approximate surface area is 186 Å². The van der Waals surface area contributed by atoms with Crippen molar-refractivity contribution >= 4 is 45.4 Å². The highest BCUT2D eigenvalue weighted by molar-refractivity contribution is 8.93. The second kappa shape index (κ2) is 9.63. The number of halogens is 2. The van der Waals surface area contributed by atoms with Crippen molar-refractivity contribution in [3.8, 4) is 5.75 Å². The molecule has 1 aromatic heterocycles. The highest BCUT2D eigenvalue weighted by Gasteiger charge is 2.30. The molecular weight excluding hydrogens is 454 g/mol. The van der Waals surface area contributed by atoms with Crippen molar-refractivity contribution in [1.29, 1.82) is 0 Å². The number of imidazole rings is 1. The van der Waals surface area contributed by atoms with E-state index in [1.165, 1.54) is 0 Å². The number of aryl methyl sites for hydroxylation is 1. The Morgan fingerprint density at radius 3 is 2.21 bits per heavy atom. The van der Waals surface area contributed by atoms with Gasteiger partial charge in [-0.1, -0.05) is 30.7 Å². The predicted octanol–water partition coefficient (Wildman–Crippen LogP) is 5.04. The summed E-state index contributed by atoms with van der Waals surface area (Å²) < 4.78 is 10.1. The van der Waals surface area contributed by atoms with Crippen LogP contribution < -0.4 is 10.4 Å². The van der Waals surface area contributed by atoms with Crippen molar-refractivity contribution in [3.05, 3.63) is 59.2 Å². The van der Waals surface area contributed by atoms with E-state index in [0.717, 1.165) is 29.6 Å². The molecular formula is C22H27BrClN3O2. The van der Waals surface area contributed by atoms with Crippen LogP contribution in [0.1, 0.15) is 27.2 Å². The Kier molecular flexibility index (Phi) is 7.72. The number of nitrogens with zero attached hydrogens (tertiary/aromatic N) is 3. The van der Waals surface area contributed by atoms with Crippen LogP contribution in [0.3, 0.4) is 0 Å². The van der Waals surface area contributed by atoms with Gasteiger partial charge >= 0.3 is 0 Å². The summed E-state index contributed by atoms with van der Waals surface area (Å²) in [7, 11) is 1.76. The van der Waals surface area contributed by atoms with Crippen LogP contribution in [0, 0.1) is 0 Å². The van der Waals surface area contributed by atoms with E-state index in [1.54, 1.807) is 45.2 Å². The zero-order valence-electron chi connectivity index (χ0n) is 17.2. The predicted molar refractivity (Wildman–Crippen MR) is 123 cm³/mol. The molecule has 0 aliphatic heterocycles. The Bertz CT molecular complexity index is 1050. The number of para-hydroxylation sites is 2. The number of Topliss-reactive ketones (excluding diaryl/α,β-unsaturated/α-hetero) is 1. The lowest BCUT2D eigenvalue weighted by Gasteiger charge is -2.25. The van der Waals surface area contributed by atoms with Gasteiger partial charge < -0.3 is 13.9 Å². The molecule has 0 atom stereocenters. The molecule has 0 spiro atoms. The first kappa shape index (κ1) is 23.2. The quantitative estimate of drug-likeness (QED) is 0.475. The summed E-state index contributed by atoms with van der Waals surface area (Å²) in [5.74, 6) is 0.582. The zero-order chi connectivity index (χ0) is 20.3. The molecule has 0 N–H and O–H groups in total. The van der Waals surface area contributed by atoms with E-state index < -0.39 is 5.60 Å². The Balaban J connectivity index is 0.00000300. The van der Waals surface area contributed by atoms with Gasteiger partial charge in [-0.25, -0.2) is 0 Å². The van der Waals surface area contributed by atoms with Gasteiger partial charge in [0, 0.05) is 18.6 Å². The molecule has 156 valence electrons. The summed E-state index contributed by atoms with van der Waals surface area (Å²) in [5.41, 5.74) is 1.87. The second-order valence-corrected chi connectivity index (χ2v) is 7.68. The lowest BCUT2D eigenvalue weighted by Crippen LogP contribution is -2.42. The fourth-order valence-corrected chi connectivity index (χ4v) is 3.44. The molecule has 0 aliphatic carbocycles. The van der Waals surface area contributed by atoms with Crippen molar-refractivity contribution < 1.29 is 9.53 Å². The largest absolute Gasteiger partial charge is 0.480 e. The van der Waals surface area contributed by atoms with Gasteiger partial charge in [0.25, 0.3) is 0 Å².